The Morgan fingerprint density at radius 3 is 2.59 bits per heavy atom. The average Bonchev–Trinajstić information content (AvgIpc) is 2.13. The van der Waals surface area contributed by atoms with Crippen molar-refractivity contribution in [3.05, 3.63) is 0 Å². The van der Waals surface area contributed by atoms with Crippen molar-refractivity contribution in [1.82, 2.24) is 10.2 Å². The summed E-state index contributed by atoms with van der Waals surface area (Å²) in [5.41, 5.74) is 0. The van der Waals surface area contributed by atoms with Crippen LogP contribution in [0.15, 0.2) is 0 Å². The van der Waals surface area contributed by atoms with E-state index in [4.69, 9.17) is 4.74 Å². The number of hydrogen-bond acceptors (Lipinski definition) is 3. The molecule has 0 aliphatic carbocycles. The monoisotopic (exact) mass is 242 g/mol. The third-order valence-electron chi connectivity index (χ3n) is 2.77. The first-order valence-corrected chi connectivity index (χ1v) is 6.15. The summed E-state index contributed by atoms with van der Waals surface area (Å²) in [6.07, 6.45) is 1.06. The molecule has 0 atom stereocenters. The van der Waals surface area contributed by atoms with Crippen molar-refractivity contribution in [3.8, 4) is 0 Å². The zero-order valence-electron chi connectivity index (χ0n) is 10.9. The Kier molecular flexibility index (Phi) is 5.41. The zero-order valence-corrected chi connectivity index (χ0v) is 10.9. The molecule has 0 saturated carbocycles. The Hall–Kier alpha value is -1.10. The van der Waals surface area contributed by atoms with Crippen LogP contribution in [0.2, 0.25) is 0 Å². The van der Waals surface area contributed by atoms with Gasteiger partial charge < -0.3 is 15.0 Å². The lowest BCUT2D eigenvalue weighted by Gasteiger charge is -2.37. The molecule has 0 spiro atoms. The Labute approximate surface area is 102 Å². The smallest absolute Gasteiger partial charge is 0.226 e. The lowest BCUT2D eigenvalue weighted by molar-refractivity contribution is -0.141. The average molecular weight is 242 g/mol. The first-order chi connectivity index (χ1) is 8.00. The minimum atomic E-state index is -0.0232. The molecule has 0 unspecified atom stereocenters. The molecule has 0 bridgehead atoms. The summed E-state index contributed by atoms with van der Waals surface area (Å²) in [6, 6.07) is 0. The van der Waals surface area contributed by atoms with Gasteiger partial charge in [0.15, 0.2) is 0 Å². The van der Waals surface area contributed by atoms with E-state index in [2.05, 4.69) is 5.32 Å². The number of carbonyl (C=O) groups is 2. The molecule has 1 aliphatic rings. The van der Waals surface area contributed by atoms with Gasteiger partial charge in [0, 0.05) is 33.2 Å². The molecular weight excluding hydrogens is 220 g/mol. The maximum atomic E-state index is 11.6. The second-order valence-corrected chi connectivity index (χ2v) is 4.69. The van der Waals surface area contributed by atoms with E-state index in [0.717, 1.165) is 6.42 Å². The Balaban J connectivity index is 2.01. The van der Waals surface area contributed by atoms with Gasteiger partial charge in [-0.2, -0.15) is 0 Å². The van der Waals surface area contributed by atoms with Gasteiger partial charge in [0.25, 0.3) is 0 Å². The van der Waals surface area contributed by atoms with Gasteiger partial charge in [0.05, 0.1) is 12.0 Å². The Bertz CT molecular complexity index is 273. The number of rotatable bonds is 6. The second kappa shape index (κ2) is 6.59. The highest BCUT2D eigenvalue weighted by Crippen LogP contribution is 2.15. The third-order valence-corrected chi connectivity index (χ3v) is 2.77. The lowest BCUT2D eigenvalue weighted by Crippen LogP contribution is -2.55. The van der Waals surface area contributed by atoms with Gasteiger partial charge in [-0.25, -0.2) is 0 Å². The molecule has 98 valence electrons. The van der Waals surface area contributed by atoms with E-state index >= 15 is 0 Å². The van der Waals surface area contributed by atoms with Crippen LogP contribution in [0.1, 0.15) is 27.2 Å². The van der Waals surface area contributed by atoms with Gasteiger partial charge in [-0.3, -0.25) is 9.59 Å². The highest BCUT2D eigenvalue weighted by Gasteiger charge is 2.33. The minimum Gasteiger partial charge on any atom is -0.379 e. The van der Waals surface area contributed by atoms with Crippen LogP contribution >= 0.6 is 0 Å². The predicted octanol–water partition coefficient (Wildman–Crippen LogP) is 0.396. The summed E-state index contributed by atoms with van der Waals surface area (Å²) in [5.74, 6) is 0.0661. The van der Waals surface area contributed by atoms with Crippen LogP contribution in [0, 0.1) is 5.92 Å². The SMILES string of the molecule is CC(=O)N1CC(C(=O)NCCCOC(C)C)C1. The van der Waals surface area contributed by atoms with E-state index in [9.17, 15) is 9.59 Å². The zero-order chi connectivity index (χ0) is 12.8. The fourth-order valence-electron chi connectivity index (χ4n) is 1.65. The van der Waals surface area contributed by atoms with E-state index in [1.807, 2.05) is 13.8 Å². The summed E-state index contributed by atoms with van der Waals surface area (Å²) < 4.78 is 5.37. The van der Waals surface area contributed by atoms with Crippen LogP contribution in [0.3, 0.4) is 0 Å². The fourth-order valence-corrected chi connectivity index (χ4v) is 1.65. The normalized spacial score (nSPS) is 15.9. The second-order valence-electron chi connectivity index (χ2n) is 4.69. The molecule has 0 radical (unpaired) electrons. The van der Waals surface area contributed by atoms with Crippen molar-refractivity contribution in [3.63, 3.8) is 0 Å². The maximum absolute atomic E-state index is 11.6. The highest BCUT2D eigenvalue weighted by molar-refractivity contribution is 5.83. The van der Waals surface area contributed by atoms with Crippen molar-refractivity contribution in [2.75, 3.05) is 26.2 Å². The molecule has 1 aliphatic heterocycles. The summed E-state index contributed by atoms with van der Waals surface area (Å²) in [5, 5.41) is 2.86. The molecule has 1 N–H and O–H groups in total. The van der Waals surface area contributed by atoms with Crippen molar-refractivity contribution in [2.45, 2.75) is 33.3 Å². The minimum absolute atomic E-state index is 0.0232. The van der Waals surface area contributed by atoms with Crippen LogP contribution in [0.4, 0.5) is 0 Å². The first kappa shape index (κ1) is 14.0. The van der Waals surface area contributed by atoms with E-state index in [1.54, 1.807) is 4.90 Å². The highest BCUT2D eigenvalue weighted by atomic mass is 16.5. The number of likely N-dealkylation sites (tertiary alicyclic amines) is 1. The number of carbonyl (C=O) groups excluding carboxylic acids is 2. The van der Waals surface area contributed by atoms with E-state index in [0.29, 0.717) is 26.2 Å². The molecule has 0 aromatic carbocycles. The largest absolute Gasteiger partial charge is 0.379 e. The van der Waals surface area contributed by atoms with Crippen LogP contribution in [0.25, 0.3) is 0 Å². The standard InChI is InChI=1S/C12H22N2O3/c1-9(2)17-6-4-5-13-12(16)11-7-14(8-11)10(3)15/h9,11H,4-8H2,1-3H3,(H,13,16). The molecule has 1 heterocycles. The summed E-state index contributed by atoms with van der Waals surface area (Å²) in [6.45, 7) is 7.93. The van der Waals surface area contributed by atoms with Gasteiger partial charge in [0.1, 0.15) is 0 Å². The fraction of sp³-hybridized carbons (Fsp3) is 0.833. The van der Waals surface area contributed by atoms with E-state index < -0.39 is 0 Å². The quantitative estimate of drug-likeness (QED) is 0.686. The van der Waals surface area contributed by atoms with Crippen molar-refractivity contribution in [2.24, 2.45) is 5.92 Å². The molecule has 5 heteroatoms. The van der Waals surface area contributed by atoms with Gasteiger partial charge in [-0.15, -0.1) is 0 Å². The number of nitrogens with zero attached hydrogens (tertiary/aromatic N) is 1. The number of hydrogen-bond donors (Lipinski definition) is 1. The maximum Gasteiger partial charge on any atom is 0.226 e. The van der Waals surface area contributed by atoms with Gasteiger partial charge in [-0.1, -0.05) is 0 Å². The number of ether oxygens (including phenoxy) is 1. The van der Waals surface area contributed by atoms with E-state index in [-0.39, 0.29) is 23.8 Å². The van der Waals surface area contributed by atoms with Crippen LogP contribution in [-0.2, 0) is 14.3 Å². The molecular formula is C12H22N2O3. The molecule has 1 fully saturated rings. The summed E-state index contributed by atoms with van der Waals surface area (Å²) in [4.78, 5) is 24.2. The molecule has 2 amide bonds. The van der Waals surface area contributed by atoms with Crippen molar-refractivity contribution < 1.29 is 14.3 Å². The Morgan fingerprint density at radius 1 is 1.41 bits per heavy atom. The molecule has 1 saturated heterocycles. The van der Waals surface area contributed by atoms with Gasteiger partial charge in [-0.05, 0) is 20.3 Å². The molecule has 0 aromatic rings. The molecule has 0 aromatic heterocycles. The number of amides is 2. The van der Waals surface area contributed by atoms with Crippen LogP contribution in [-0.4, -0.2) is 49.1 Å². The summed E-state index contributed by atoms with van der Waals surface area (Å²) >= 11 is 0. The third kappa shape index (κ3) is 4.73. The van der Waals surface area contributed by atoms with Crippen LogP contribution in [0.5, 0.6) is 0 Å². The molecule has 5 nitrogen and oxygen atoms in total. The van der Waals surface area contributed by atoms with Gasteiger partial charge >= 0.3 is 0 Å². The molecule has 1 rings (SSSR count). The van der Waals surface area contributed by atoms with Gasteiger partial charge in [0.2, 0.25) is 11.8 Å². The van der Waals surface area contributed by atoms with E-state index in [1.165, 1.54) is 6.92 Å². The first-order valence-electron chi connectivity index (χ1n) is 6.15. The van der Waals surface area contributed by atoms with Crippen molar-refractivity contribution in [1.29, 1.82) is 0 Å². The molecule has 17 heavy (non-hydrogen) atoms. The van der Waals surface area contributed by atoms with Crippen LogP contribution < -0.4 is 5.32 Å². The lowest BCUT2D eigenvalue weighted by atomic mass is 9.99. The Morgan fingerprint density at radius 2 is 2.06 bits per heavy atom. The summed E-state index contributed by atoms with van der Waals surface area (Å²) in [7, 11) is 0. The number of nitrogens with one attached hydrogen (secondary N) is 1. The van der Waals surface area contributed by atoms with Crippen molar-refractivity contribution >= 4 is 11.8 Å². The predicted molar refractivity (Wildman–Crippen MR) is 64.5 cm³/mol. The topological polar surface area (TPSA) is 58.6 Å².